The lowest BCUT2D eigenvalue weighted by Crippen LogP contribution is -2.39. The van der Waals surface area contributed by atoms with E-state index in [2.05, 4.69) is 12.0 Å². The van der Waals surface area contributed by atoms with Crippen LogP contribution in [0.25, 0.3) is 5.69 Å². The predicted molar refractivity (Wildman–Crippen MR) is 87.3 cm³/mol. The molecule has 0 unspecified atom stereocenters. The molecule has 4 nitrogen and oxygen atoms in total. The summed E-state index contributed by atoms with van der Waals surface area (Å²) in [5, 5.41) is 4.49. The van der Waals surface area contributed by atoms with Crippen LogP contribution >= 0.6 is 0 Å². The number of likely N-dealkylation sites (tertiary alicyclic amines) is 1. The Labute approximate surface area is 135 Å². The van der Waals surface area contributed by atoms with Gasteiger partial charge in [-0.2, -0.15) is 5.10 Å². The average Bonchev–Trinajstić information content (AvgIpc) is 2.82. The van der Waals surface area contributed by atoms with Gasteiger partial charge in [-0.15, -0.1) is 0 Å². The van der Waals surface area contributed by atoms with Gasteiger partial charge >= 0.3 is 0 Å². The number of hydrogen-bond acceptors (Lipinski definition) is 2. The van der Waals surface area contributed by atoms with Gasteiger partial charge in [0.2, 0.25) is 0 Å². The van der Waals surface area contributed by atoms with E-state index in [1.807, 2.05) is 18.7 Å². The summed E-state index contributed by atoms with van der Waals surface area (Å²) >= 11 is 0. The lowest BCUT2D eigenvalue weighted by atomic mass is 9.99. The summed E-state index contributed by atoms with van der Waals surface area (Å²) in [6.45, 7) is 7.54. The monoisotopic (exact) mass is 315 g/mol. The van der Waals surface area contributed by atoms with Crippen LogP contribution in [0.4, 0.5) is 4.39 Å². The van der Waals surface area contributed by atoms with Crippen LogP contribution in [-0.4, -0.2) is 33.7 Å². The van der Waals surface area contributed by atoms with E-state index in [0.717, 1.165) is 36.6 Å². The first kappa shape index (κ1) is 15.7. The molecule has 1 saturated heterocycles. The van der Waals surface area contributed by atoms with Crippen molar-refractivity contribution in [1.82, 2.24) is 14.7 Å². The molecule has 5 heteroatoms. The minimum Gasteiger partial charge on any atom is -0.338 e. The summed E-state index contributed by atoms with van der Waals surface area (Å²) in [6, 6.07) is 6.15. The van der Waals surface area contributed by atoms with Gasteiger partial charge in [0.1, 0.15) is 5.82 Å². The highest BCUT2D eigenvalue weighted by Crippen LogP contribution is 2.23. The molecule has 0 aliphatic carbocycles. The van der Waals surface area contributed by atoms with Crippen molar-refractivity contribution in [2.24, 2.45) is 5.92 Å². The topological polar surface area (TPSA) is 38.1 Å². The van der Waals surface area contributed by atoms with Crippen LogP contribution in [0.15, 0.2) is 24.3 Å². The maximum Gasteiger partial charge on any atom is 0.257 e. The SMILES string of the molecule is Cc1nn(-c2ccc(F)cc2)c(C)c1C(=O)N1CCC[C@@H](C)C1. The predicted octanol–water partition coefficient (Wildman–Crippen LogP) is 3.50. The Kier molecular flexibility index (Phi) is 4.20. The summed E-state index contributed by atoms with van der Waals surface area (Å²) in [5.74, 6) is 0.314. The van der Waals surface area contributed by atoms with Crippen molar-refractivity contribution in [2.75, 3.05) is 13.1 Å². The molecule has 1 aliphatic heterocycles. The number of hydrogen-bond donors (Lipinski definition) is 0. The van der Waals surface area contributed by atoms with Gasteiger partial charge in [0.25, 0.3) is 5.91 Å². The molecule has 1 aliphatic rings. The number of nitrogens with zero attached hydrogens (tertiary/aromatic N) is 3. The van der Waals surface area contributed by atoms with Crippen molar-refractivity contribution in [3.05, 3.63) is 47.0 Å². The zero-order valence-corrected chi connectivity index (χ0v) is 13.8. The second-order valence-electron chi connectivity index (χ2n) is 6.43. The molecule has 1 atom stereocenters. The molecule has 1 amide bonds. The summed E-state index contributed by atoms with van der Waals surface area (Å²) < 4.78 is 14.8. The third kappa shape index (κ3) is 3.00. The highest BCUT2D eigenvalue weighted by molar-refractivity contribution is 5.96. The van der Waals surface area contributed by atoms with E-state index in [1.54, 1.807) is 16.8 Å². The third-order valence-corrected chi connectivity index (χ3v) is 4.52. The zero-order chi connectivity index (χ0) is 16.6. The van der Waals surface area contributed by atoms with E-state index in [-0.39, 0.29) is 11.7 Å². The van der Waals surface area contributed by atoms with Crippen LogP contribution in [0.3, 0.4) is 0 Å². The highest BCUT2D eigenvalue weighted by atomic mass is 19.1. The molecule has 1 aromatic heterocycles. The first-order valence-electron chi connectivity index (χ1n) is 8.09. The Balaban J connectivity index is 1.94. The van der Waals surface area contributed by atoms with E-state index in [1.165, 1.54) is 18.6 Å². The van der Waals surface area contributed by atoms with Crippen molar-refractivity contribution in [2.45, 2.75) is 33.6 Å². The first-order chi connectivity index (χ1) is 11.0. The van der Waals surface area contributed by atoms with Crippen molar-refractivity contribution < 1.29 is 9.18 Å². The normalized spacial score (nSPS) is 18.3. The molecule has 0 N–H and O–H groups in total. The van der Waals surface area contributed by atoms with Gasteiger partial charge in [-0.1, -0.05) is 6.92 Å². The van der Waals surface area contributed by atoms with Crippen LogP contribution < -0.4 is 0 Å². The van der Waals surface area contributed by atoms with Crippen LogP contribution in [0.5, 0.6) is 0 Å². The molecule has 0 spiro atoms. The van der Waals surface area contributed by atoms with Gasteiger partial charge in [0.15, 0.2) is 0 Å². The molecule has 0 radical (unpaired) electrons. The molecule has 1 aromatic carbocycles. The van der Waals surface area contributed by atoms with Gasteiger partial charge in [0, 0.05) is 13.1 Å². The van der Waals surface area contributed by atoms with Crippen LogP contribution in [0.2, 0.25) is 0 Å². The second-order valence-corrected chi connectivity index (χ2v) is 6.43. The van der Waals surface area contributed by atoms with E-state index in [4.69, 9.17) is 0 Å². The quantitative estimate of drug-likeness (QED) is 0.850. The smallest absolute Gasteiger partial charge is 0.257 e. The molecular weight excluding hydrogens is 293 g/mol. The van der Waals surface area contributed by atoms with Crippen LogP contribution in [-0.2, 0) is 0 Å². The van der Waals surface area contributed by atoms with E-state index in [9.17, 15) is 9.18 Å². The number of benzene rings is 1. The standard InChI is InChI=1S/C18H22FN3O/c1-12-5-4-10-21(11-12)18(23)17-13(2)20-22(14(17)3)16-8-6-15(19)7-9-16/h6-9,12H,4-5,10-11H2,1-3H3/t12-/m1/s1. The van der Waals surface area contributed by atoms with Crippen molar-refractivity contribution in [3.63, 3.8) is 0 Å². The molecular formula is C18H22FN3O. The molecule has 3 rings (SSSR count). The van der Waals surface area contributed by atoms with Crippen molar-refractivity contribution in [1.29, 1.82) is 0 Å². The minimum atomic E-state index is -0.283. The number of rotatable bonds is 2. The number of halogens is 1. The van der Waals surface area contributed by atoms with E-state index < -0.39 is 0 Å². The molecule has 0 saturated carbocycles. The molecule has 2 aromatic rings. The molecule has 1 fully saturated rings. The van der Waals surface area contributed by atoms with Crippen molar-refractivity contribution in [3.8, 4) is 5.69 Å². The van der Waals surface area contributed by atoms with Crippen LogP contribution in [0.1, 0.15) is 41.5 Å². The van der Waals surface area contributed by atoms with Gasteiger partial charge in [-0.25, -0.2) is 9.07 Å². The third-order valence-electron chi connectivity index (χ3n) is 4.52. The summed E-state index contributed by atoms with van der Waals surface area (Å²) in [7, 11) is 0. The number of aromatic nitrogens is 2. The van der Waals surface area contributed by atoms with E-state index in [0.29, 0.717) is 11.5 Å². The lowest BCUT2D eigenvalue weighted by Gasteiger charge is -2.31. The Bertz CT molecular complexity index is 721. The number of carbonyl (C=O) groups excluding carboxylic acids is 1. The Morgan fingerprint density at radius 2 is 1.96 bits per heavy atom. The Morgan fingerprint density at radius 1 is 1.26 bits per heavy atom. The zero-order valence-electron chi connectivity index (χ0n) is 13.8. The largest absolute Gasteiger partial charge is 0.338 e. The summed E-state index contributed by atoms with van der Waals surface area (Å²) in [5.41, 5.74) is 2.95. The first-order valence-corrected chi connectivity index (χ1v) is 8.09. The summed E-state index contributed by atoms with van der Waals surface area (Å²) in [6.07, 6.45) is 2.23. The molecule has 23 heavy (non-hydrogen) atoms. The number of piperidine rings is 1. The molecule has 2 heterocycles. The fraction of sp³-hybridized carbons (Fsp3) is 0.444. The van der Waals surface area contributed by atoms with Gasteiger partial charge in [-0.05, 0) is 56.9 Å². The fourth-order valence-electron chi connectivity index (χ4n) is 3.32. The van der Waals surface area contributed by atoms with Gasteiger partial charge < -0.3 is 4.90 Å². The maximum absolute atomic E-state index is 13.1. The maximum atomic E-state index is 13.1. The Morgan fingerprint density at radius 3 is 2.61 bits per heavy atom. The summed E-state index contributed by atoms with van der Waals surface area (Å²) in [4.78, 5) is 14.8. The fourth-order valence-corrected chi connectivity index (χ4v) is 3.32. The van der Waals surface area contributed by atoms with Crippen LogP contribution in [0, 0.1) is 25.6 Å². The number of carbonyl (C=O) groups is 1. The van der Waals surface area contributed by atoms with Gasteiger partial charge in [-0.3, -0.25) is 4.79 Å². The lowest BCUT2D eigenvalue weighted by molar-refractivity contribution is 0.0681. The molecule has 122 valence electrons. The minimum absolute atomic E-state index is 0.0555. The van der Waals surface area contributed by atoms with Crippen molar-refractivity contribution >= 4 is 5.91 Å². The Hall–Kier alpha value is -2.17. The number of aryl methyl sites for hydroxylation is 1. The molecule has 0 bridgehead atoms. The second kappa shape index (κ2) is 6.14. The average molecular weight is 315 g/mol. The number of amides is 1. The highest BCUT2D eigenvalue weighted by Gasteiger charge is 2.27. The van der Waals surface area contributed by atoms with E-state index >= 15 is 0 Å². The van der Waals surface area contributed by atoms with Gasteiger partial charge in [0.05, 0.1) is 22.6 Å².